The summed E-state index contributed by atoms with van der Waals surface area (Å²) in [4.78, 5) is 23.2. The van der Waals surface area contributed by atoms with Gasteiger partial charge in [-0.2, -0.15) is 0 Å². The first-order valence-electron chi connectivity index (χ1n) is 19.3. The third kappa shape index (κ3) is 34.9. The van der Waals surface area contributed by atoms with Crippen LogP contribution in [0.5, 0.6) is 0 Å². The van der Waals surface area contributed by atoms with Gasteiger partial charge in [0.25, 0.3) is 0 Å². The molecule has 4 heteroatoms. The van der Waals surface area contributed by atoms with Crippen molar-refractivity contribution in [2.45, 2.75) is 219 Å². The largest absolute Gasteiger partial charge is 0.481 e. The molecule has 0 aliphatic rings. The highest BCUT2D eigenvalue weighted by molar-refractivity contribution is 5.69. The van der Waals surface area contributed by atoms with Gasteiger partial charge in [0.15, 0.2) is 0 Å². The van der Waals surface area contributed by atoms with Crippen LogP contribution in [-0.2, 0) is 14.3 Å². The van der Waals surface area contributed by atoms with Crippen LogP contribution in [-0.4, -0.2) is 23.1 Å². The van der Waals surface area contributed by atoms with Gasteiger partial charge in [-0.1, -0.05) is 154 Å². The Morgan fingerprint density at radius 3 is 1.39 bits per heavy atom. The van der Waals surface area contributed by atoms with E-state index < -0.39 is 5.97 Å². The molecule has 0 heterocycles. The van der Waals surface area contributed by atoms with E-state index in [1.165, 1.54) is 116 Å². The molecule has 0 amide bonds. The van der Waals surface area contributed by atoms with Crippen LogP contribution < -0.4 is 0 Å². The molecular formula is C40H74O4. The molecule has 0 rings (SSSR count). The summed E-state index contributed by atoms with van der Waals surface area (Å²) >= 11 is 0. The van der Waals surface area contributed by atoms with E-state index in [1.54, 1.807) is 0 Å². The Kier molecular flexibility index (Phi) is 34.6. The van der Waals surface area contributed by atoms with E-state index in [0.29, 0.717) is 6.42 Å². The van der Waals surface area contributed by atoms with Crippen molar-refractivity contribution >= 4 is 11.9 Å². The van der Waals surface area contributed by atoms with E-state index in [1.807, 2.05) is 0 Å². The fourth-order valence-electron chi connectivity index (χ4n) is 5.80. The number of carboxylic acids is 1. The first-order valence-corrected chi connectivity index (χ1v) is 19.3. The number of hydrogen-bond donors (Lipinski definition) is 1. The van der Waals surface area contributed by atoms with Crippen molar-refractivity contribution in [2.75, 3.05) is 0 Å². The fraction of sp³-hybridized carbons (Fsp3) is 0.850. The number of carboxylic acid groups (broad SMARTS) is 1. The standard InChI is InChI=1S/C40H74O4/c1-3-5-7-9-10-11-12-13-14-15-16-17-18-19-20-21-22-23-24-29-33-37-40(43)44-38(34-30-26-8-6-4-2)35-31-27-25-28-32-36-39(41)42/h10-11,13-14,38H,3-9,12,15-37H2,1-2H3,(H,41,42)/b11-10-,14-13-. The third-order valence-corrected chi connectivity index (χ3v) is 8.68. The molecule has 0 fully saturated rings. The molecule has 0 aliphatic heterocycles. The zero-order valence-electron chi connectivity index (χ0n) is 29.5. The second-order valence-corrected chi connectivity index (χ2v) is 13.1. The number of esters is 1. The normalized spacial score (nSPS) is 12.4. The molecule has 0 bridgehead atoms. The molecule has 44 heavy (non-hydrogen) atoms. The molecule has 0 aromatic heterocycles. The summed E-state index contributed by atoms with van der Waals surface area (Å²) in [5.41, 5.74) is 0. The molecule has 258 valence electrons. The Morgan fingerprint density at radius 1 is 0.500 bits per heavy atom. The number of aliphatic carboxylic acids is 1. The van der Waals surface area contributed by atoms with E-state index in [2.05, 4.69) is 38.2 Å². The average Bonchev–Trinajstić information content (AvgIpc) is 3.00. The van der Waals surface area contributed by atoms with Crippen molar-refractivity contribution in [2.24, 2.45) is 0 Å². The quantitative estimate of drug-likeness (QED) is 0.0436. The lowest BCUT2D eigenvalue weighted by Gasteiger charge is -2.18. The summed E-state index contributed by atoms with van der Waals surface area (Å²) < 4.78 is 5.94. The minimum atomic E-state index is -0.701. The number of carbonyl (C=O) groups is 2. The molecule has 0 aromatic carbocycles. The Morgan fingerprint density at radius 2 is 0.886 bits per heavy atom. The molecule has 1 atom stereocenters. The fourth-order valence-corrected chi connectivity index (χ4v) is 5.80. The van der Waals surface area contributed by atoms with Gasteiger partial charge in [-0.15, -0.1) is 0 Å². The Labute approximate surface area is 274 Å². The molecule has 4 nitrogen and oxygen atoms in total. The molecule has 0 spiro atoms. The number of hydrogen-bond acceptors (Lipinski definition) is 3. The Hall–Kier alpha value is -1.58. The summed E-state index contributed by atoms with van der Waals surface area (Å²) in [6.45, 7) is 4.49. The van der Waals surface area contributed by atoms with E-state index in [0.717, 1.165) is 70.6 Å². The molecule has 1 unspecified atom stereocenters. The van der Waals surface area contributed by atoms with Gasteiger partial charge in [0, 0.05) is 12.8 Å². The zero-order chi connectivity index (χ0) is 32.2. The van der Waals surface area contributed by atoms with Crippen molar-refractivity contribution < 1.29 is 19.4 Å². The second-order valence-electron chi connectivity index (χ2n) is 13.1. The molecule has 1 N–H and O–H groups in total. The lowest BCUT2D eigenvalue weighted by Crippen LogP contribution is -2.18. The Balaban J connectivity index is 3.73. The van der Waals surface area contributed by atoms with Crippen LogP contribution in [0.15, 0.2) is 24.3 Å². The first-order chi connectivity index (χ1) is 21.6. The van der Waals surface area contributed by atoms with Crippen LogP contribution in [0.25, 0.3) is 0 Å². The average molecular weight is 619 g/mol. The maximum Gasteiger partial charge on any atom is 0.306 e. The SMILES string of the molecule is CCCCC/C=C\C/C=C\CCCCCCCCCCCCCC(=O)OC(CCCCCCC)CCCCCCCC(=O)O. The van der Waals surface area contributed by atoms with Crippen LogP contribution in [0.4, 0.5) is 0 Å². The maximum absolute atomic E-state index is 12.5. The van der Waals surface area contributed by atoms with Gasteiger partial charge in [-0.25, -0.2) is 0 Å². The van der Waals surface area contributed by atoms with Crippen LogP contribution in [0.3, 0.4) is 0 Å². The first kappa shape index (κ1) is 42.4. The summed E-state index contributed by atoms with van der Waals surface area (Å²) in [5, 5.41) is 8.77. The number of ether oxygens (including phenoxy) is 1. The summed E-state index contributed by atoms with van der Waals surface area (Å²) in [5.74, 6) is -0.706. The molecular weight excluding hydrogens is 544 g/mol. The number of unbranched alkanes of at least 4 members (excludes halogenated alkanes) is 22. The van der Waals surface area contributed by atoms with Gasteiger partial charge < -0.3 is 9.84 Å². The Bertz CT molecular complexity index is 668. The molecule has 0 radical (unpaired) electrons. The smallest absolute Gasteiger partial charge is 0.306 e. The number of carbonyl (C=O) groups excluding carboxylic acids is 1. The highest BCUT2D eigenvalue weighted by Crippen LogP contribution is 2.18. The van der Waals surface area contributed by atoms with Gasteiger partial charge in [-0.05, 0) is 70.6 Å². The topological polar surface area (TPSA) is 63.6 Å². The van der Waals surface area contributed by atoms with Gasteiger partial charge in [-0.3, -0.25) is 9.59 Å². The number of allylic oxidation sites excluding steroid dienone is 4. The molecule has 0 saturated carbocycles. The maximum atomic E-state index is 12.5. The van der Waals surface area contributed by atoms with Crippen LogP contribution in [0.2, 0.25) is 0 Å². The van der Waals surface area contributed by atoms with Crippen molar-refractivity contribution in [3.8, 4) is 0 Å². The van der Waals surface area contributed by atoms with Gasteiger partial charge in [0.2, 0.25) is 0 Å². The van der Waals surface area contributed by atoms with Crippen LogP contribution in [0, 0.1) is 0 Å². The lowest BCUT2D eigenvalue weighted by molar-refractivity contribution is -0.150. The number of rotatable bonds is 35. The minimum Gasteiger partial charge on any atom is -0.481 e. The predicted octanol–water partition coefficient (Wildman–Crippen LogP) is 13.2. The monoisotopic (exact) mass is 619 g/mol. The minimum absolute atomic E-state index is 0.00449. The van der Waals surface area contributed by atoms with Crippen LogP contribution in [0.1, 0.15) is 213 Å². The summed E-state index contributed by atoms with van der Waals surface area (Å²) in [6.07, 6.45) is 45.0. The van der Waals surface area contributed by atoms with E-state index in [4.69, 9.17) is 9.84 Å². The van der Waals surface area contributed by atoms with Crippen LogP contribution >= 0.6 is 0 Å². The van der Waals surface area contributed by atoms with Crippen molar-refractivity contribution in [1.29, 1.82) is 0 Å². The van der Waals surface area contributed by atoms with Gasteiger partial charge >= 0.3 is 11.9 Å². The highest BCUT2D eigenvalue weighted by Gasteiger charge is 2.14. The summed E-state index contributed by atoms with van der Waals surface area (Å²) in [7, 11) is 0. The zero-order valence-corrected chi connectivity index (χ0v) is 29.5. The molecule has 0 saturated heterocycles. The third-order valence-electron chi connectivity index (χ3n) is 8.68. The van der Waals surface area contributed by atoms with E-state index >= 15 is 0 Å². The van der Waals surface area contributed by atoms with E-state index in [9.17, 15) is 9.59 Å². The van der Waals surface area contributed by atoms with E-state index in [-0.39, 0.29) is 18.5 Å². The lowest BCUT2D eigenvalue weighted by atomic mass is 10.0. The molecule has 0 aliphatic carbocycles. The predicted molar refractivity (Wildman–Crippen MR) is 190 cm³/mol. The van der Waals surface area contributed by atoms with Gasteiger partial charge in [0.05, 0.1) is 0 Å². The highest BCUT2D eigenvalue weighted by atomic mass is 16.5. The van der Waals surface area contributed by atoms with Crippen molar-refractivity contribution in [1.82, 2.24) is 0 Å². The summed E-state index contributed by atoms with van der Waals surface area (Å²) in [6, 6.07) is 0. The van der Waals surface area contributed by atoms with Crippen molar-refractivity contribution in [3.05, 3.63) is 24.3 Å². The van der Waals surface area contributed by atoms with Crippen molar-refractivity contribution in [3.63, 3.8) is 0 Å². The second kappa shape index (κ2) is 35.9. The van der Waals surface area contributed by atoms with Gasteiger partial charge in [0.1, 0.15) is 6.10 Å². The molecule has 0 aromatic rings.